The van der Waals surface area contributed by atoms with Crippen molar-refractivity contribution in [2.24, 2.45) is 0 Å². The maximum atomic E-state index is 6.76. The highest BCUT2D eigenvalue weighted by molar-refractivity contribution is 7.21. The van der Waals surface area contributed by atoms with Crippen molar-refractivity contribution in [1.82, 2.24) is 14.5 Å². The van der Waals surface area contributed by atoms with Gasteiger partial charge in [-0.25, -0.2) is 9.97 Å². The number of aromatic nitrogens is 3. The van der Waals surface area contributed by atoms with E-state index < -0.39 is 8.07 Å². The minimum atomic E-state index is -2.95. The number of benzene rings is 8. The SMILES string of the molecule is c1ccc(-c2nc(-c3ccccc3-n3c4ccccc4c4ccc5c6ccccc6oc5c43)nc3c2-c2ccccc2[Si]3(c2ccccc2)c2ccccc2)cc1. The zero-order valence-corrected chi connectivity index (χ0v) is 31.8. The Morgan fingerprint density at radius 2 is 1.05 bits per heavy atom. The van der Waals surface area contributed by atoms with Crippen molar-refractivity contribution in [3.05, 3.63) is 200 Å². The van der Waals surface area contributed by atoms with Gasteiger partial charge in [0.1, 0.15) is 5.58 Å². The molecule has 4 heterocycles. The average molecular weight is 744 g/mol. The number of hydrogen-bond acceptors (Lipinski definition) is 3. The molecule has 57 heavy (non-hydrogen) atoms. The van der Waals surface area contributed by atoms with E-state index in [9.17, 15) is 0 Å². The lowest BCUT2D eigenvalue weighted by Crippen LogP contribution is -2.73. The molecule has 1 aliphatic rings. The van der Waals surface area contributed by atoms with E-state index in [1.165, 1.54) is 26.5 Å². The highest BCUT2D eigenvalue weighted by Gasteiger charge is 2.51. The van der Waals surface area contributed by atoms with Crippen molar-refractivity contribution in [3.63, 3.8) is 0 Å². The van der Waals surface area contributed by atoms with Crippen LogP contribution < -0.4 is 20.9 Å². The Hall–Kier alpha value is -7.34. The Labute approximate surface area is 330 Å². The lowest BCUT2D eigenvalue weighted by Gasteiger charge is -2.30. The fraction of sp³-hybridized carbons (Fsp3) is 0. The lowest BCUT2D eigenvalue weighted by atomic mass is 10.0. The van der Waals surface area contributed by atoms with Gasteiger partial charge in [0.2, 0.25) is 8.07 Å². The summed E-state index contributed by atoms with van der Waals surface area (Å²) in [6, 6.07) is 71.7. The molecule has 8 aromatic carbocycles. The molecule has 12 rings (SSSR count). The first-order valence-corrected chi connectivity index (χ1v) is 21.4. The van der Waals surface area contributed by atoms with Crippen LogP contribution in [0.25, 0.3) is 83.2 Å². The summed E-state index contributed by atoms with van der Waals surface area (Å²) in [6.45, 7) is 0. The first kappa shape index (κ1) is 32.0. The molecule has 266 valence electrons. The van der Waals surface area contributed by atoms with Crippen molar-refractivity contribution < 1.29 is 4.42 Å². The maximum Gasteiger partial charge on any atom is 0.203 e. The van der Waals surface area contributed by atoms with Crippen LogP contribution in [0.4, 0.5) is 0 Å². The van der Waals surface area contributed by atoms with Gasteiger partial charge in [-0.15, -0.1) is 0 Å². The van der Waals surface area contributed by atoms with E-state index in [1.807, 2.05) is 6.07 Å². The van der Waals surface area contributed by atoms with Gasteiger partial charge < -0.3 is 8.98 Å². The van der Waals surface area contributed by atoms with Crippen LogP contribution in [0, 0.1) is 0 Å². The smallest absolute Gasteiger partial charge is 0.203 e. The van der Waals surface area contributed by atoms with Crippen molar-refractivity contribution in [1.29, 1.82) is 0 Å². The summed E-state index contributed by atoms with van der Waals surface area (Å²) in [7, 11) is -2.95. The van der Waals surface area contributed by atoms with Gasteiger partial charge in [-0.2, -0.15) is 0 Å². The standard InChI is InChI=1S/C52H33N3OSi/c1-4-18-34(19-5-1)48-47-42-27-13-17-31-46(42)57(35-20-6-2-7-21-35,36-22-8-3-9-23-36)52(47)54-51(53-48)41-26-11-15-29-44(41)55-43-28-14-10-24-37(43)39-32-33-40-38-25-12-16-30-45(38)56-50(40)49(39)55/h1-33H. The first-order chi connectivity index (χ1) is 28.3. The van der Waals surface area contributed by atoms with Gasteiger partial charge in [-0.1, -0.05) is 170 Å². The van der Waals surface area contributed by atoms with Crippen LogP contribution >= 0.6 is 0 Å². The summed E-state index contributed by atoms with van der Waals surface area (Å²) >= 11 is 0. The zero-order chi connectivity index (χ0) is 37.5. The van der Waals surface area contributed by atoms with Crippen LogP contribution in [0.2, 0.25) is 0 Å². The summed E-state index contributed by atoms with van der Waals surface area (Å²) in [4.78, 5) is 11.5. The summed E-state index contributed by atoms with van der Waals surface area (Å²) in [5.41, 5.74) is 10.2. The van der Waals surface area contributed by atoms with E-state index in [4.69, 9.17) is 14.4 Å². The van der Waals surface area contributed by atoms with Crippen molar-refractivity contribution in [3.8, 4) is 39.5 Å². The van der Waals surface area contributed by atoms with Gasteiger partial charge in [-0.05, 0) is 51.5 Å². The molecule has 0 atom stereocenters. The Bertz CT molecular complexity index is 3310. The third-order valence-corrected chi connectivity index (χ3v) is 16.6. The molecule has 0 radical (unpaired) electrons. The molecule has 0 fully saturated rings. The van der Waals surface area contributed by atoms with Gasteiger partial charge in [0.05, 0.1) is 27.7 Å². The Morgan fingerprint density at radius 3 is 1.82 bits per heavy atom. The van der Waals surface area contributed by atoms with Gasteiger partial charge in [0, 0.05) is 38.2 Å². The van der Waals surface area contributed by atoms with Crippen molar-refractivity contribution in [2.75, 3.05) is 0 Å². The second-order valence-corrected chi connectivity index (χ2v) is 18.5. The van der Waals surface area contributed by atoms with E-state index in [1.54, 1.807) is 0 Å². The van der Waals surface area contributed by atoms with Gasteiger partial charge in [0.25, 0.3) is 0 Å². The zero-order valence-electron chi connectivity index (χ0n) is 30.8. The van der Waals surface area contributed by atoms with Crippen LogP contribution in [-0.2, 0) is 0 Å². The van der Waals surface area contributed by atoms with E-state index in [0.717, 1.165) is 71.7 Å². The summed E-state index contributed by atoms with van der Waals surface area (Å²) < 4.78 is 9.13. The molecular weight excluding hydrogens is 711 g/mol. The Kier molecular flexibility index (Phi) is 6.91. The number of rotatable bonds is 5. The molecule has 5 heteroatoms. The molecule has 0 N–H and O–H groups in total. The molecule has 11 aromatic rings. The number of furan rings is 1. The Morgan fingerprint density at radius 1 is 0.456 bits per heavy atom. The second-order valence-electron chi connectivity index (χ2n) is 14.8. The molecule has 0 saturated heterocycles. The minimum absolute atomic E-state index is 0.697. The summed E-state index contributed by atoms with van der Waals surface area (Å²) in [6.07, 6.45) is 0. The van der Waals surface area contributed by atoms with Crippen LogP contribution in [0.3, 0.4) is 0 Å². The third kappa shape index (κ3) is 4.49. The van der Waals surface area contributed by atoms with Crippen LogP contribution in [-0.4, -0.2) is 22.6 Å². The predicted octanol–water partition coefficient (Wildman–Crippen LogP) is 10.2. The normalized spacial score (nSPS) is 13.1. The van der Waals surface area contributed by atoms with Gasteiger partial charge >= 0.3 is 0 Å². The minimum Gasteiger partial charge on any atom is -0.454 e. The summed E-state index contributed by atoms with van der Waals surface area (Å²) in [5, 5.41) is 9.56. The second kappa shape index (κ2) is 12.3. The molecule has 0 spiro atoms. The van der Waals surface area contributed by atoms with Crippen molar-refractivity contribution in [2.45, 2.75) is 0 Å². The highest BCUT2D eigenvalue weighted by Crippen LogP contribution is 2.43. The molecule has 0 aliphatic carbocycles. The van der Waals surface area contributed by atoms with Gasteiger partial charge in [0.15, 0.2) is 11.4 Å². The van der Waals surface area contributed by atoms with E-state index in [0.29, 0.717) is 5.82 Å². The molecule has 0 bridgehead atoms. The molecule has 0 amide bonds. The topological polar surface area (TPSA) is 43.9 Å². The molecule has 0 unspecified atom stereocenters. The maximum absolute atomic E-state index is 6.76. The molecule has 4 nitrogen and oxygen atoms in total. The van der Waals surface area contributed by atoms with Crippen LogP contribution in [0.5, 0.6) is 0 Å². The molecule has 1 aliphatic heterocycles. The van der Waals surface area contributed by atoms with E-state index in [2.05, 4.69) is 199 Å². The number of para-hydroxylation sites is 3. The molecule has 3 aromatic heterocycles. The molecule has 0 saturated carbocycles. The van der Waals surface area contributed by atoms with Crippen LogP contribution in [0.15, 0.2) is 205 Å². The fourth-order valence-corrected chi connectivity index (χ4v) is 14.5. The van der Waals surface area contributed by atoms with Crippen LogP contribution in [0.1, 0.15) is 0 Å². The first-order valence-electron chi connectivity index (χ1n) is 19.4. The molecular formula is C52H33N3OSi. The predicted molar refractivity (Wildman–Crippen MR) is 237 cm³/mol. The fourth-order valence-electron chi connectivity index (χ4n) is 9.53. The third-order valence-electron chi connectivity index (χ3n) is 11.9. The number of fused-ring (bicyclic) bond motifs is 10. The van der Waals surface area contributed by atoms with E-state index >= 15 is 0 Å². The van der Waals surface area contributed by atoms with Crippen molar-refractivity contribution >= 4 is 72.7 Å². The highest BCUT2D eigenvalue weighted by atomic mass is 28.3. The average Bonchev–Trinajstić information content (AvgIpc) is 3.94. The lowest BCUT2D eigenvalue weighted by molar-refractivity contribution is 0.671. The number of hydrogen-bond donors (Lipinski definition) is 0. The quantitative estimate of drug-likeness (QED) is 0.165. The Balaban J connectivity index is 1.22. The van der Waals surface area contributed by atoms with Gasteiger partial charge in [-0.3, -0.25) is 0 Å². The monoisotopic (exact) mass is 743 g/mol. The largest absolute Gasteiger partial charge is 0.454 e. The number of nitrogens with zero attached hydrogens (tertiary/aromatic N) is 3. The van der Waals surface area contributed by atoms with E-state index in [-0.39, 0.29) is 0 Å². The summed E-state index contributed by atoms with van der Waals surface area (Å²) in [5.74, 6) is 0.697.